The Morgan fingerprint density at radius 1 is 1.25 bits per heavy atom. The minimum Gasteiger partial charge on any atom is -0.315 e. The molecule has 0 aliphatic carbocycles. The Hall–Kier alpha value is -2.99. The van der Waals surface area contributed by atoms with Crippen LogP contribution in [0.2, 0.25) is 0 Å². The number of hydrogen-bond donors (Lipinski definition) is 0. The minimum atomic E-state index is -0.439. The van der Waals surface area contributed by atoms with Gasteiger partial charge in [-0.3, -0.25) is 9.79 Å². The lowest BCUT2D eigenvalue weighted by Gasteiger charge is -2.20. The van der Waals surface area contributed by atoms with Crippen molar-refractivity contribution in [1.82, 2.24) is 9.55 Å². The Labute approximate surface area is 191 Å². The van der Waals surface area contributed by atoms with Gasteiger partial charge in [0.2, 0.25) is 5.43 Å². The van der Waals surface area contributed by atoms with Crippen LogP contribution in [0.5, 0.6) is 0 Å². The van der Waals surface area contributed by atoms with Crippen molar-refractivity contribution in [3.63, 3.8) is 0 Å². The van der Waals surface area contributed by atoms with Crippen molar-refractivity contribution in [3.05, 3.63) is 86.3 Å². The topological polar surface area (TPSA) is 47.2 Å². The third kappa shape index (κ3) is 3.84. The number of aryl methyl sites for hydroxylation is 2. The Morgan fingerprint density at radius 3 is 2.72 bits per heavy atom. The summed E-state index contributed by atoms with van der Waals surface area (Å²) in [5.74, 6) is 0.296. The van der Waals surface area contributed by atoms with E-state index in [1.807, 2.05) is 33.1 Å². The Morgan fingerprint density at radius 2 is 2.00 bits per heavy atom. The lowest BCUT2D eigenvalue weighted by molar-refractivity contribution is 0.663. The van der Waals surface area contributed by atoms with E-state index in [1.165, 1.54) is 22.8 Å². The van der Waals surface area contributed by atoms with Gasteiger partial charge in [0.05, 0.1) is 16.8 Å². The lowest BCUT2D eigenvalue weighted by Crippen LogP contribution is -2.17. The number of aromatic nitrogens is 2. The number of halogens is 1. The maximum atomic E-state index is 14.5. The fourth-order valence-corrected chi connectivity index (χ4v) is 4.92. The first-order valence-electron chi connectivity index (χ1n) is 10.5. The molecule has 4 nitrogen and oxygen atoms in total. The predicted octanol–water partition coefficient (Wildman–Crippen LogP) is 6.51. The molecule has 0 saturated carbocycles. The van der Waals surface area contributed by atoms with Crippen molar-refractivity contribution < 1.29 is 4.39 Å². The third-order valence-corrected chi connectivity index (χ3v) is 7.27. The Bertz CT molecular complexity index is 1390. The van der Waals surface area contributed by atoms with Gasteiger partial charge in [0.1, 0.15) is 11.3 Å². The molecule has 0 atom stereocenters. The monoisotopic (exact) mass is 447 g/mol. The summed E-state index contributed by atoms with van der Waals surface area (Å²) < 4.78 is 16.3. The van der Waals surface area contributed by atoms with Gasteiger partial charge >= 0.3 is 0 Å². The largest absolute Gasteiger partial charge is 0.315 e. The van der Waals surface area contributed by atoms with Crippen molar-refractivity contribution in [2.45, 2.75) is 41.0 Å². The van der Waals surface area contributed by atoms with Crippen LogP contribution in [-0.2, 0) is 0 Å². The normalized spacial score (nSPS) is 17.2. The molecule has 2 aliphatic rings. The maximum absolute atomic E-state index is 14.5. The molecule has 0 unspecified atom stereocenters. The first-order chi connectivity index (χ1) is 15.2. The molecule has 0 saturated heterocycles. The summed E-state index contributed by atoms with van der Waals surface area (Å²) in [6, 6.07) is 1.89. The Kier molecular flexibility index (Phi) is 5.91. The number of aliphatic imine (C=N–C) groups is 1. The van der Waals surface area contributed by atoms with Crippen LogP contribution in [0.1, 0.15) is 44.0 Å². The van der Waals surface area contributed by atoms with E-state index in [-0.39, 0.29) is 5.43 Å². The molecule has 0 fully saturated rings. The maximum Gasteiger partial charge on any atom is 0.216 e. The first kappa shape index (κ1) is 22.2. The molecule has 0 radical (unpaired) electrons. The van der Waals surface area contributed by atoms with Gasteiger partial charge in [-0.15, -0.1) is 11.8 Å². The van der Waals surface area contributed by atoms with E-state index >= 15 is 0 Å². The van der Waals surface area contributed by atoms with Crippen LogP contribution in [0.15, 0.2) is 69.0 Å². The van der Waals surface area contributed by atoms with E-state index in [4.69, 9.17) is 0 Å². The summed E-state index contributed by atoms with van der Waals surface area (Å²) in [7, 11) is 0. The highest BCUT2D eigenvalue weighted by Crippen LogP contribution is 2.38. The Balaban J connectivity index is 1.98. The predicted molar refractivity (Wildman–Crippen MR) is 135 cm³/mol. The average molecular weight is 448 g/mol. The van der Waals surface area contributed by atoms with E-state index in [9.17, 15) is 9.18 Å². The second-order valence-corrected chi connectivity index (χ2v) is 9.30. The van der Waals surface area contributed by atoms with Gasteiger partial charge < -0.3 is 4.57 Å². The highest BCUT2D eigenvalue weighted by Gasteiger charge is 2.22. The average Bonchev–Trinajstić information content (AvgIpc) is 2.92. The summed E-state index contributed by atoms with van der Waals surface area (Å²) in [5, 5.41) is 0. The summed E-state index contributed by atoms with van der Waals surface area (Å²) >= 11 is 1.60. The molecule has 0 aromatic carbocycles. The van der Waals surface area contributed by atoms with Gasteiger partial charge in [0.15, 0.2) is 0 Å². The molecule has 2 aromatic rings. The summed E-state index contributed by atoms with van der Waals surface area (Å²) in [6.45, 7) is 13.2. The summed E-state index contributed by atoms with van der Waals surface area (Å²) in [4.78, 5) is 23.6. The zero-order valence-corrected chi connectivity index (χ0v) is 19.9. The van der Waals surface area contributed by atoms with Crippen LogP contribution in [0.4, 0.5) is 4.39 Å². The number of nitrogens with zero attached hydrogens (tertiary/aromatic N) is 3. The zero-order valence-electron chi connectivity index (χ0n) is 19.0. The number of rotatable bonds is 3. The van der Waals surface area contributed by atoms with E-state index in [2.05, 4.69) is 29.6 Å². The molecule has 0 N–H and O–H groups in total. The first-order valence-corrected chi connectivity index (χ1v) is 11.5. The number of pyridine rings is 2. The van der Waals surface area contributed by atoms with Crippen LogP contribution in [0, 0.1) is 13.8 Å². The SMILES string of the molecule is C=C/C(F)=C(\C)n1cc(C2=CC3=C(C=NC(C)=C(C)C3)CS2)c(=O)c2nc(C)c(C)cc21. The summed E-state index contributed by atoms with van der Waals surface area (Å²) in [5.41, 5.74) is 8.01. The van der Waals surface area contributed by atoms with Crippen molar-refractivity contribution in [3.8, 4) is 0 Å². The molecule has 4 heterocycles. The summed E-state index contributed by atoms with van der Waals surface area (Å²) in [6.07, 6.45) is 7.73. The van der Waals surface area contributed by atoms with Gasteiger partial charge in [0, 0.05) is 34.5 Å². The van der Waals surface area contributed by atoms with Crippen molar-refractivity contribution in [2.75, 3.05) is 5.75 Å². The number of thioether (sulfide) groups is 1. The molecule has 32 heavy (non-hydrogen) atoms. The van der Waals surface area contributed by atoms with E-state index < -0.39 is 5.83 Å². The van der Waals surface area contributed by atoms with E-state index in [0.29, 0.717) is 22.3 Å². The molecule has 6 heteroatoms. The van der Waals surface area contributed by atoms with Gasteiger partial charge in [-0.1, -0.05) is 6.58 Å². The third-order valence-electron chi connectivity index (χ3n) is 6.16. The quantitative estimate of drug-likeness (QED) is 0.504. The van der Waals surface area contributed by atoms with E-state index in [0.717, 1.165) is 34.0 Å². The van der Waals surface area contributed by atoms with Crippen LogP contribution in [0.25, 0.3) is 21.6 Å². The molecule has 0 amide bonds. The van der Waals surface area contributed by atoms with Crippen molar-refractivity contribution >= 4 is 39.6 Å². The van der Waals surface area contributed by atoms with Crippen molar-refractivity contribution in [1.29, 1.82) is 0 Å². The molecule has 164 valence electrons. The number of allylic oxidation sites excluding steroid dienone is 7. The van der Waals surface area contributed by atoms with Gasteiger partial charge in [-0.05, 0) is 81.5 Å². The fraction of sp³-hybridized carbons (Fsp3) is 0.269. The van der Waals surface area contributed by atoms with Gasteiger partial charge in [-0.2, -0.15) is 0 Å². The highest BCUT2D eigenvalue weighted by atomic mass is 32.2. The second kappa shape index (κ2) is 8.51. The van der Waals surface area contributed by atoms with Crippen molar-refractivity contribution in [2.24, 2.45) is 4.99 Å². The number of fused-ring (bicyclic) bond motifs is 1. The van der Waals surface area contributed by atoms with Crippen LogP contribution in [-0.4, -0.2) is 21.5 Å². The molecule has 2 aromatic heterocycles. The minimum absolute atomic E-state index is 0.139. The molecule has 0 bridgehead atoms. The molecular formula is C26H26FN3OS. The molecular weight excluding hydrogens is 421 g/mol. The van der Waals surface area contributed by atoms with Crippen LogP contribution >= 0.6 is 11.8 Å². The molecule has 0 spiro atoms. The van der Waals surface area contributed by atoms with Crippen LogP contribution < -0.4 is 5.43 Å². The van der Waals surface area contributed by atoms with Crippen LogP contribution in [0.3, 0.4) is 0 Å². The number of hydrogen-bond acceptors (Lipinski definition) is 4. The lowest BCUT2D eigenvalue weighted by atomic mass is 10.00. The second-order valence-electron chi connectivity index (χ2n) is 8.29. The van der Waals surface area contributed by atoms with Gasteiger partial charge in [0.25, 0.3) is 0 Å². The smallest absolute Gasteiger partial charge is 0.216 e. The standard InChI is InChI=1S/C26H26FN3OS/c1-7-22(27)18(6)30-12-21(26(31)25-23(30)9-15(3)17(5)29-25)24-10-19-8-14(2)16(4)28-11-20(19)13-32-24/h7,9-12H,1,8,13H2,2-6H3/b22-18-. The zero-order chi connectivity index (χ0) is 23.2. The highest BCUT2D eigenvalue weighted by molar-refractivity contribution is 8.08. The molecule has 2 aliphatic heterocycles. The molecule has 4 rings (SSSR count). The fourth-order valence-electron chi connectivity index (χ4n) is 3.82. The van der Waals surface area contributed by atoms with Gasteiger partial charge in [-0.25, -0.2) is 9.37 Å². The van der Waals surface area contributed by atoms with E-state index in [1.54, 1.807) is 29.4 Å².